The normalized spacial score (nSPS) is 13.5. The fourth-order valence-electron chi connectivity index (χ4n) is 2.58. The summed E-state index contributed by atoms with van der Waals surface area (Å²) < 4.78 is 0. The molecule has 3 rings (SSSR count). The Labute approximate surface area is 123 Å². The van der Waals surface area contributed by atoms with Gasteiger partial charge in [-0.1, -0.05) is 23.8 Å². The summed E-state index contributed by atoms with van der Waals surface area (Å²) in [5.74, 6) is -0.277. The SMILES string of the molecule is Cc1ccc(N)c(C(=O)c2ccc3c(c2)C(=O)NCC3)c1. The number of fused-ring (bicyclic) bond motifs is 1. The minimum Gasteiger partial charge on any atom is -0.398 e. The monoisotopic (exact) mass is 280 g/mol. The van der Waals surface area contributed by atoms with Crippen LogP contribution in [-0.4, -0.2) is 18.2 Å². The van der Waals surface area contributed by atoms with Gasteiger partial charge in [-0.25, -0.2) is 0 Å². The molecule has 1 heterocycles. The largest absolute Gasteiger partial charge is 0.398 e. The van der Waals surface area contributed by atoms with Crippen LogP contribution in [0.1, 0.15) is 37.4 Å². The van der Waals surface area contributed by atoms with Crippen LogP contribution in [0.4, 0.5) is 5.69 Å². The van der Waals surface area contributed by atoms with Crippen LogP contribution in [0.5, 0.6) is 0 Å². The maximum atomic E-state index is 12.6. The Balaban J connectivity index is 2.04. The van der Waals surface area contributed by atoms with Gasteiger partial charge in [0.1, 0.15) is 0 Å². The number of ketones is 1. The molecule has 0 saturated heterocycles. The van der Waals surface area contributed by atoms with Crippen molar-refractivity contribution in [3.63, 3.8) is 0 Å². The van der Waals surface area contributed by atoms with Crippen molar-refractivity contribution < 1.29 is 9.59 Å². The zero-order chi connectivity index (χ0) is 15.0. The lowest BCUT2D eigenvalue weighted by molar-refractivity contribution is 0.0946. The van der Waals surface area contributed by atoms with Crippen LogP contribution in [0.25, 0.3) is 0 Å². The minimum absolute atomic E-state index is 0.122. The van der Waals surface area contributed by atoms with Crippen molar-refractivity contribution in [2.24, 2.45) is 0 Å². The topological polar surface area (TPSA) is 72.2 Å². The van der Waals surface area contributed by atoms with Crippen molar-refractivity contribution in [2.75, 3.05) is 12.3 Å². The van der Waals surface area contributed by atoms with Gasteiger partial charge in [0, 0.05) is 28.9 Å². The first-order valence-electron chi connectivity index (χ1n) is 6.88. The molecule has 4 heteroatoms. The van der Waals surface area contributed by atoms with Crippen molar-refractivity contribution in [3.05, 3.63) is 64.2 Å². The van der Waals surface area contributed by atoms with E-state index in [1.165, 1.54) is 0 Å². The standard InChI is InChI=1S/C17H16N2O2/c1-10-2-5-15(18)14(8-10)16(20)12-4-3-11-6-7-19-17(21)13(11)9-12/h2-5,8-9H,6-7,18H2,1H3,(H,19,21). The van der Waals surface area contributed by atoms with Crippen LogP contribution in [0.2, 0.25) is 0 Å². The zero-order valence-corrected chi connectivity index (χ0v) is 11.8. The number of amides is 1. The van der Waals surface area contributed by atoms with Crippen LogP contribution in [-0.2, 0) is 6.42 Å². The summed E-state index contributed by atoms with van der Waals surface area (Å²) in [5.41, 5.74) is 9.85. The van der Waals surface area contributed by atoms with E-state index in [1.807, 2.05) is 19.1 Å². The Morgan fingerprint density at radius 3 is 2.81 bits per heavy atom. The molecule has 0 atom stereocenters. The van der Waals surface area contributed by atoms with Crippen LogP contribution in [0.3, 0.4) is 0 Å². The molecule has 0 aliphatic carbocycles. The number of anilines is 1. The predicted octanol–water partition coefficient (Wildman–Crippen LogP) is 2.09. The number of nitrogens with one attached hydrogen (secondary N) is 1. The average molecular weight is 280 g/mol. The second-order valence-electron chi connectivity index (χ2n) is 5.30. The third-order valence-electron chi connectivity index (χ3n) is 3.75. The van der Waals surface area contributed by atoms with Gasteiger partial charge in [0.2, 0.25) is 0 Å². The van der Waals surface area contributed by atoms with Crippen LogP contribution in [0, 0.1) is 6.92 Å². The number of hydrogen-bond donors (Lipinski definition) is 2. The van der Waals surface area contributed by atoms with Gasteiger partial charge in [0.25, 0.3) is 5.91 Å². The quantitative estimate of drug-likeness (QED) is 0.653. The molecular formula is C17H16N2O2. The molecule has 2 aromatic carbocycles. The molecule has 0 saturated carbocycles. The Morgan fingerprint density at radius 1 is 1.19 bits per heavy atom. The molecule has 0 unspecified atom stereocenters. The number of rotatable bonds is 2. The lowest BCUT2D eigenvalue weighted by atomic mass is 9.93. The molecule has 3 N–H and O–H groups in total. The Kier molecular flexibility index (Phi) is 3.22. The second-order valence-corrected chi connectivity index (χ2v) is 5.30. The van der Waals surface area contributed by atoms with Crippen LogP contribution in [0.15, 0.2) is 36.4 Å². The van der Waals surface area contributed by atoms with E-state index >= 15 is 0 Å². The highest BCUT2D eigenvalue weighted by molar-refractivity contribution is 6.13. The van der Waals surface area contributed by atoms with E-state index in [4.69, 9.17) is 5.73 Å². The lowest BCUT2D eigenvalue weighted by Gasteiger charge is -2.17. The highest BCUT2D eigenvalue weighted by Gasteiger charge is 2.20. The summed E-state index contributed by atoms with van der Waals surface area (Å²) in [4.78, 5) is 24.5. The number of hydrogen-bond acceptors (Lipinski definition) is 3. The lowest BCUT2D eigenvalue weighted by Crippen LogP contribution is -2.32. The maximum absolute atomic E-state index is 12.6. The summed E-state index contributed by atoms with van der Waals surface area (Å²) in [5, 5.41) is 2.79. The third kappa shape index (κ3) is 2.40. The van der Waals surface area contributed by atoms with Gasteiger partial charge in [-0.05, 0) is 37.1 Å². The summed E-state index contributed by atoms with van der Waals surface area (Å²) >= 11 is 0. The van der Waals surface area contributed by atoms with E-state index in [0.717, 1.165) is 17.5 Å². The molecule has 4 nitrogen and oxygen atoms in total. The number of aryl methyl sites for hydroxylation is 1. The van der Waals surface area contributed by atoms with E-state index in [2.05, 4.69) is 5.32 Å². The molecule has 0 spiro atoms. The highest BCUT2D eigenvalue weighted by Crippen LogP contribution is 2.21. The zero-order valence-electron chi connectivity index (χ0n) is 11.8. The second kappa shape index (κ2) is 5.05. The number of benzene rings is 2. The Bertz CT molecular complexity index is 750. The minimum atomic E-state index is -0.155. The van der Waals surface area contributed by atoms with Crippen LogP contribution >= 0.6 is 0 Å². The fourth-order valence-corrected chi connectivity index (χ4v) is 2.58. The molecule has 21 heavy (non-hydrogen) atoms. The van der Waals surface area contributed by atoms with E-state index in [9.17, 15) is 9.59 Å². The predicted molar refractivity (Wildman–Crippen MR) is 81.5 cm³/mol. The number of nitrogens with two attached hydrogens (primary N) is 1. The van der Waals surface area contributed by atoms with Gasteiger partial charge in [0.15, 0.2) is 5.78 Å². The molecule has 1 aliphatic heterocycles. The molecule has 2 aromatic rings. The molecule has 1 amide bonds. The van der Waals surface area contributed by atoms with E-state index in [0.29, 0.717) is 28.9 Å². The first-order valence-corrected chi connectivity index (χ1v) is 6.88. The first-order chi connectivity index (χ1) is 10.1. The van der Waals surface area contributed by atoms with Crippen molar-refractivity contribution in [2.45, 2.75) is 13.3 Å². The van der Waals surface area contributed by atoms with E-state index < -0.39 is 0 Å². The smallest absolute Gasteiger partial charge is 0.251 e. The van der Waals surface area contributed by atoms with Gasteiger partial charge in [-0.3, -0.25) is 9.59 Å². The van der Waals surface area contributed by atoms with E-state index in [-0.39, 0.29) is 11.7 Å². The maximum Gasteiger partial charge on any atom is 0.251 e. The number of nitrogen functional groups attached to an aromatic ring is 1. The van der Waals surface area contributed by atoms with E-state index in [1.54, 1.807) is 24.3 Å². The Morgan fingerprint density at radius 2 is 2.00 bits per heavy atom. The van der Waals surface area contributed by atoms with Crippen molar-refractivity contribution in [1.82, 2.24) is 5.32 Å². The van der Waals surface area contributed by atoms with Gasteiger partial charge < -0.3 is 11.1 Å². The summed E-state index contributed by atoms with van der Waals surface area (Å²) in [6.07, 6.45) is 0.794. The summed E-state index contributed by atoms with van der Waals surface area (Å²) in [7, 11) is 0. The van der Waals surface area contributed by atoms with Crippen molar-refractivity contribution >= 4 is 17.4 Å². The summed E-state index contributed by atoms with van der Waals surface area (Å²) in [6.45, 7) is 2.56. The molecule has 0 radical (unpaired) electrons. The number of carbonyl (C=O) groups excluding carboxylic acids is 2. The summed E-state index contributed by atoms with van der Waals surface area (Å²) in [6, 6.07) is 10.7. The molecule has 0 bridgehead atoms. The first kappa shape index (κ1) is 13.4. The number of carbonyl (C=O) groups is 2. The molecule has 0 fully saturated rings. The van der Waals surface area contributed by atoms with Gasteiger partial charge in [-0.2, -0.15) is 0 Å². The van der Waals surface area contributed by atoms with Crippen molar-refractivity contribution in [3.8, 4) is 0 Å². The highest BCUT2D eigenvalue weighted by atomic mass is 16.1. The van der Waals surface area contributed by atoms with Gasteiger partial charge >= 0.3 is 0 Å². The molecule has 0 aromatic heterocycles. The fraction of sp³-hybridized carbons (Fsp3) is 0.176. The molecule has 106 valence electrons. The van der Waals surface area contributed by atoms with Crippen LogP contribution < -0.4 is 11.1 Å². The third-order valence-corrected chi connectivity index (χ3v) is 3.75. The van der Waals surface area contributed by atoms with Gasteiger partial charge in [0.05, 0.1) is 0 Å². The molecule has 1 aliphatic rings. The average Bonchev–Trinajstić information content (AvgIpc) is 2.49. The van der Waals surface area contributed by atoms with Crippen molar-refractivity contribution in [1.29, 1.82) is 0 Å². The Hall–Kier alpha value is -2.62. The molecular weight excluding hydrogens is 264 g/mol. The van der Waals surface area contributed by atoms with Gasteiger partial charge in [-0.15, -0.1) is 0 Å².